The molecule has 0 bridgehead atoms. The number of pyridine rings is 2. The number of nitrogens with zero attached hydrogens (tertiary/aromatic N) is 5. The van der Waals surface area contributed by atoms with Gasteiger partial charge in [0, 0.05) is 28.8 Å². The molecule has 39 heavy (non-hydrogen) atoms. The van der Waals surface area contributed by atoms with Crippen molar-refractivity contribution in [3.05, 3.63) is 90.4 Å². The zero-order chi connectivity index (χ0) is 28.2. The predicted molar refractivity (Wildman–Crippen MR) is 159 cm³/mol. The van der Waals surface area contributed by atoms with Crippen LogP contribution in [0.4, 0.5) is 5.82 Å². The second-order valence-electron chi connectivity index (χ2n) is 10.5. The molecule has 0 spiro atoms. The Morgan fingerprint density at radius 1 is 0.923 bits per heavy atom. The highest BCUT2D eigenvalue weighted by molar-refractivity contribution is 6.05. The summed E-state index contributed by atoms with van der Waals surface area (Å²) in [4.78, 5) is 22.2. The van der Waals surface area contributed by atoms with Gasteiger partial charge in [-0.25, -0.2) is 4.98 Å². The topological polar surface area (TPSA) is 85.6 Å². The summed E-state index contributed by atoms with van der Waals surface area (Å²) in [5.74, 6) is 0.855. The minimum atomic E-state index is -0.250. The van der Waals surface area contributed by atoms with Gasteiger partial charge < -0.3 is 9.88 Å². The van der Waals surface area contributed by atoms with Gasteiger partial charge in [-0.05, 0) is 60.7 Å². The van der Waals surface area contributed by atoms with Crippen molar-refractivity contribution in [2.45, 2.75) is 59.9 Å². The average molecular weight is 521 g/mol. The summed E-state index contributed by atoms with van der Waals surface area (Å²) in [5, 5.41) is 12.1. The zero-order valence-corrected chi connectivity index (χ0v) is 23.7. The Kier molecular flexibility index (Phi) is 8.19. The quantitative estimate of drug-likeness (QED) is 0.256. The van der Waals surface area contributed by atoms with Crippen LogP contribution in [-0.4, -0.2) is 30.6 Å². The Morgan fingerprint density at radius 3 is 2.36 bits per heavy atom. The van der Waals surface area contributed by atoms with Gasteiger partial charge in [0.1, 0.15) is 17.8 Å². The second-order valence-corrected chi connectivity index (χ2v) is 10.5. The first-order chi connectivity index (χ1) is 18.7. The molecule has 0 saturated carbocycles. The van der Waals surface area contributed by atoms with Crippen LogP contribution in [0.25, 0.3) is 33.5 Å². The van der Waals surface area contributed by atoms with E-state index in [0.29, 0.717) is 22.9 Å². The first kappa shape index (κ1) is 27.6. The number of benzene rings is 2. The molecule has 0 atom stereocenters. The molecule has 5 aromatic rings. The van der Waals surface area contributed by atoms with Crippen molar-refractivity contribution < 1.29 is 4.79 Å². The second kappa shape index (κ2) is 11.6. The van der Waals surface area contributed by atoms with Crippen molar-refractivity contribution in [3.63, 3.8) is 0 Å². The van der Waals surface area contributed by atoms with E-state index in [0.717, 1.165) is 22.0 Å². The average Bonchev–Trinajstić information content (AvgIpc) is 3.44. The number of carbonyl (C=O) groups excluding carboxylic acids is 1. The Morgan fingerprint density at radius 2 is 1.67 bits per heavy atom. The van der Waals surface area contributed by atoms with Crippen LogP contribution in [0.3, 0.4) is 0 Å². The highest BCUT2D eigenvalue weighted by Gasteiger charge is 2.15. The molecule has 200 valence electrons. The maximum absolute atomic E-state index is 13.0. The fourth-order valence-corrected chi connectivity index (χ4v) is 4.20. The lowest BCUT2D eigenvalue weighted by Crippen LogP contribution is -2.13. The molecule has 3 heterocycles. The van der Waals surface area contributed by atoms with Crippen molar-refractivity contribution >= 4 is 22.6 Å². The van der Waals surface area contributed by atoms with Crippen LogP contribution in [0.5, 0.6) is 0 Å². The SMILES string of the molecule is CC.CC(C)n1cnnc1-c1cccc(NC(=O)c2ccc3cc(-c4ccc(C(C)(C)C)cc4)cnc3c2)n1. The number of anilines is 1. The third kappa shape index (κ3) is 6.20. The number of rotatable bonds is 5. The number of nitrogens with one attached hydrogen (secondary N) is 1. The molecule has 0 fully saturated rings. The highest BCUT2D eigenvalue weighted by atomic mass is 16.1. The van der Waals surface area contributed by atoms with E-state index in [9.17, 15) is 4.79 Å². The molecule has 1 amide bonds. The Bertz CT molecular complexity index is 1580. The maximum atomic E-state index is 13.0. The van der Waals surface area contributed by atoms with E-state index in [1.807, 2.05) is 48.9 Å². The third-order valence-corrected chi connectivity index (χ3v) is 6.38. The molecular formula is C32H36N6O. The minimum Gasteiger partial charge on any atom is -0.310 e. The summed E-state index contributed by atoms with van der Waals surface area (Å²) in [5.41, 5.74) is 5.48. The van der Waals surface area contributed by atoms with Crippen molar-refractivity contribution in [1.29, 1.82) is 0 Å². The van der Waals surface area contributed by atoms with E-state index in [4.69, 9.17) is 0 Å². The molecule has 7 heteroatoms. The molecule has 0 aliphatic carbocycles. The van der Waals surface area contributed by atoms with Crippen molar-refractivity contribution in [2.75, 3.05) is 5.32 Å². The van der Waals surface area contributed by atoms with Crippen LogP contribution in [-0.2, 0) is 5.41 Å². The van der Waals surface area contributed by atoms with Crippen molar-refractivity contribution in [2.24, 2.45) is 0 Å². The maximum Gasteiger partial charge on any atom is 0.256 e. The number of hydrogen-bond acceptors (Lipinski definition) is 5. The molecule has 5 rings (SSSR count). The zero-order valence-electron chi connectivity index (χ0n) is 23.7. The Hall–Kier alpha value is -4.39. The standard InChI is InChI=1S/C30H30N6O.C2H6/c1-19(2)36-18-32-35-28(36)25-7-6-8-27(33-25)34-29(37)22-10-9-21-15-23(17-31-26(21)16-22)20-11-13-24(14-12-20)30(3,4)5;1-2/h6-19H,1-5H3,(H,33,34,37);1-2H3. The van der Waals surface area contributed by atoms with Gasteiger partial charge in [-0.1, -0.05) is 71.0 Å². The van der Waals surface area contributed by atoms with Crippen molar-refractivity contribution in [1.82, 2.24) is 24.7 Å². The molecular weight excluding hydrogens is 484 g/mol. The first-order valence-electron chi connectivity index (χ1n) is 13.4. The monoisotopic (exact) mass is 520 g/mol. The van der Waals surface area contributed by atoms with Crippen LogP contribution in [0.1, 0.15) is 70.4 Å². The smallest absolute Gasteiger partial charge is 0.256 e. The fourth-order valence-electron chi connectivity index (χ4n) is 4.20. The fraction of sp³-hybridized carbons (Fsp3) is 0.281. The predicted octanol–water partition coefficient (Wildman–Crippen LogP) is 7.71. The van der Waals surface area contributed by atoms with Gasteiger partial charge in [-0.15, -0.1) is 10.2 Å². The molecule has 0 saturated heterocycles. The highest BCUT2D eigenvalue weighted by Crippen LogP contribution is 2.28. The van der Waals surface area contributed by atoms with Crippen LogP contribution in [0, 0.1) is 0 Å². The molecule has 0 radical (unpaired) electrons. The summed E-state index contributed by atoms with van der Waals surface area (Å²) in [6, 6.07) is 21.9. The lowest BCUT2D eigenvalue weighted by Gasteiger charge is -2.19. The first-order valence-corrected chi connectivity index (χ1v) is 13.4. The molecule has 0 aliphatic heterocycles. The van der Waals surface area contributed by atoms with E-state index in [1.165, 1.54) is 5.56 Å². The Balaban J connectivity index is 0.00000172. The molecule has 2 aromatic carbocycles. The minimum absolute atomic E-state index is 0.113. The number of aromatic nitrogens is 5. The lowest BCUT2D eigenvalue weighted by molar-refractivity contribution is 0.102. The molecule has 3 aromatic heterocycles. The van der Waals surface area contributed by atoms with Crippen LogP contribution in [0.15, 0.2) is 79.3 Å². The van der Waals surface area contributed by atoms with Gasteiger partial charge >= 0.3 is 0 Å². The van der Waals surface area contributed by atoms with E-state index < -0.39 is 0 Å². The van der Waals surface area contributed by atoms with E-state index in [-0.39, 0.29) is 17.4 Å². The normalized spacial score (nSPS) is 11.3. The van der Waals surface area contributed by atoms with Crippen LogP contribution < -0.4 is 5.32 Å². The van der Waals surface area contributed by atoms with Gasteiger partial charge in [0.2, 0.25) is 0 Å². The summed E-state index contributed by atoms with van der Waals surface area (Å²) < 4.78 is 1.94. The number of amides is 1. The van der Waals surface area contributed by atoms with E-state index in [1.54, 1.807) is 18.5 Å². The van der Waals surface area contributed by atoms with Gasteiger partial charge in [0.05, 0.1) is 5.52 Å². The number of carbonyl (C=O) groups is 1. The summed E-state index contributed by atoms with van der Waals surface area (Å²) in [6.07, 6.45) is 3.54. The van der Waals surface area contributed by atoms with Gasteiger partial charge in [-0.3, -0.25) is 9.78 Å². The molecule has 0 aliphatic rings. The molecule has 7 nitrogen and oxygen atoms in total. The van der Waals surface area contributed by atoms with Gasteiger partial charge in [0.25, 0.3) is 5.91 Å². The van der Waals surface area contributed by atoms with Crippen LogP contribution in [0.2, 0.25) is 0 Å². The number of hydrogen-bond donors (Lipinski definition) is 1. The number of fused-ring (bicyclic) bond motifs is 1. The third-order valence-electron chi connectivity index (χ3n) is 6.38. The molecule has 0 unspecified atom stereocenters. The van der Waals surface area contributed by atoms with Gasteiger partial charge in [0.15, 0.2) is 5.82 Å². The van der Waals surface area contributed by atoms with E-state index in [2.05, 4.69) is 90.4 Å². The lowest BCUT2D eigenvalue weighted by atomic mass is 9.86. The summed E-state index contributed by atoms with van der Waals surface area (Å²) in [6.45, 7) is 14.7. The van der Waals surface area contributed by atoms with Gasteiger partial charge in [-0.2, -0.15) is 0 Å². The van der Waals surface area contributed by atoms with E-state index >= 15 is 0 Å². The van der Waals surface area contributed by atoms with Crippen molar-refractivity contribution in [3.8, 4) is 22.6 Å². The molecule has 1 N–H and O–H groups in total. The summed E-state index contributed by atoms with van der Waals surface area (Å²) >= 11 is 0. The Labute approximate surface area is 230 Å². The summed E-state index contributed by atoms with van der Waals surface area (Å²) in [7, 11) is 0. The van der Waals surface area contributed by atoms with Crippen LogP contribution >= 0.6 is 0 Å². The largest absolute Gasteiger partial charge is 0.310 e.